The summed E-state index contributed by atoms with van der Waals surface area (Å²) in [5.74, 6) is -0.847. The van der Waals surface area contributed by atoms with E-state index in [0.29, 0.717) is 19.6 Å². The van der Waals surface area contributed by atoms with Gasteiger partial charge in [-0.05, 0) is 25.3 Å². The number of carboxylic acids is 1. The summed E-state index contributed by atoms with van der Waals surface area (Å²) in [5, 5.41) is 9.39. The molecule has 2 atom stereocenters. The van der Waals surface area contributed by atoms with Crippen LogP contribution in [0.2, 0.25) is 0 Å². The molecule has 0 aromatic rings. The predicted molar refractivity (Wildman–Crippen MR) is 75.6 cm³/mol. The molecule has 2 aliphatic heterocycles. The Labute approximate surface area is 120 Å². The highest BCUT2D eigenvalue weighted by molar-refractivity contribution is 5.83. The Morgan fingerprint density at radius 2 is 1.80 bits per heavy atom. The molecule has 2 heterocycles. The first-order chi connectivity index (χ1) is 9.54. The van der Waals surface area contributed by atoms with Crippen molar-refractivity contribution in [1.29, 1.82) is 0 Å². The van der Waals surface area contributed by atoms with Gasteiger partial charge >= 0.3 is 12.0 Å². The zero-order valence-electron chi connectivity index (χ0n) is 12.4. The van der Waals surface area contributed by atoms with Gasteiger partial charge in [0.1, 0.15) is 6.04 Å². The molecular weight excluding hydrogens is 258 g/mol. The van der Waals surface area contributed by atoms with Crippen molar-refractivity contribution in [1.82, 2.24) is 14.7 Å². The number of rotatable bonds is 2. The highest BCUT2D eigenvalue weighted by Crippen LogP contribution is 2.25. The molecule has 1 N–H and O–H groups in total. The first kappa shape index (κ1) is 15.1. The van der Waals surface area contributed by atoms with Crippen LogP contribution >= 0.6 is 0 Å². The molecule has 2 aliphatic rings. The van der Waals surface area contributed by atoms with E-state index >= 15 is 0 Å². The molecule has 0 aliphatic carbocycles. The fourth-order valence-corrected chi connectivity index (χ4v) is 3.22. The van der Waals surface area contributed by atoms with Crippen LogP contribution in [-0.2, 0) is 4.79 Å². The summed E-state index contributed by atoms with van der Waals surface area (Å²) in [6.07, 6.45) is 1.77. The molecule has 20 heavy (non-hydrogen) atoms. The lowest BCUT2D eigenvalue weighted by molar-refractivity contribution is -0.145. The van der Waals surface area contributed by atoms with Gasteiger partial charge in [-0.1, -0.05) is 13.8 Å². The number of hydrogen-bond acceptors (Lipinski definition) is 3. The lowest BCUT2D eigenvalue weighted by Crippen LogP contribution is -2.59. The Balaban J connectivity index is 2.01. The van der Waals surface area contributed by atoms with E-state index in [1.54, 1.807) is 9.80 Å². The van der Waals surface area contributed by atoms with E-state index in [4.69, 9.17) is 0 Å². The first-order valence-electron chi connectivity index (χ1n) is 7.55. The van der Waals surface area contributed by atoms with Crippen molar-refractivity contribution in [2.24, 2.45) is 5.92 Å². The number of piperidine rings is 1. The van der Waals surface area contributed by atoms with Gasteiger partial charge in [0.25, 0.3) is 0 Å². The van der Waals surface area contributed by atoms with E-state index < -0.39 is 12.0 Å². The summed E-state index contributed by atoms with van der Waals surface area (Å²) in [4.78, 5) is 29.7. The third-order valence-electron chi connectivity index (χ3n) is 4.52. The van der Waals surface area contributed by atoms with Crippen molar-refractivity contribution in [3.63, 3.8) is 0 Å². The summed E-state index contributed by atoms with van der Waals surface area (Å²) in [7, 11) is 0. The highest BCUT2D eigenvalue weighted by atomic mass is 16.4. The van der Waals surface area contributed by atoms with Crippen molar-refractivity contribution in [2.45, 2.75) is 32.7 Å². The number of urea groups is 1. The van der Waals surface area contributed by atoms with Gasteiger partial charge in [0.05, 0.1) is 0 Å². The summed E-state index contributed by atoms with van der Waals surface area (Å²) < 4.78 is 0. The largest absolute Gasteiger partial charge is 0.480 e. The first-order valence-corrected chi connectivity index (χ1v) is 7.55. The molecule has 6 heteroatoms. The van der Waals surface area contributed by atoms with Gasteiger partial charge in [-0.15, -0.1) is 0 Å². The molecule has 2 saturated heterocycles. The Kier molecular flexibility index (Phi) is 4.86. The second-order valence-corrected chi connectivity index (χ2v) is 5.80. The van der Waals surface area contributed by atoms with Gasteiger partial charge in [-0.25, -0.2) is 9.59 Å². The van der Waals surface area contributed by atoms with E-state index in [0.717, 1.165) is 32.5 Å². The molecular formula is C14H25N3O3. The Morgan fingerprint density at radius 3 is 2.35 bits per heavy atom. The number of nitrogens with zero attached hydrogens (tertiary/aromatic N) is 3. The minimum absolute atomic E-state index is 0.0298. The summed E-state index contributed by atoms with van der Waals surface area (Å²) in [6, 6.07) is -0.764. The van der Waals surface area contributed by atoms with Crippen LogP contribution in [0.5, 0.6) is 0 Å². The van der Waals surface area contributed by atoms with Gasteiger partial charge in [0.15, 0.2) is 0 Å². The third kappa shape index (κ3) is 3.06. The maximum atomic E-state index is 12.6. The van der Waals surface area contributed by atoms with Crippen LogP contribution in [0.25, 0.3) is 0 Å². The van der Waals surface area contributed by atoms with Gasteiger partial charge in [0, 0.05) is 32.7 Å². The van der Waals surface area contributed by atoms with E-state index in [1.807, 2.05) is 6.92 Å². The van der Waals surface area contributed by atoms with Gasteiger partial charge in [0.2, 0.25) is 0 Å². The molecule has 0 bridgehead atoms. The quantitative estimate of drug-likeness (QED) is 0.819. The van der Waals surface area contributed by atoms with Crippen LogP contribution in [0.15, 0.2) is 0 Å². The van der Waals surface area contributed by atoms with Crippen LogP contribution in [0, 0.1) is 5.92 Å². The van der Waals surface area contributed by atoms with E-state index in [1.165, 1.54) is 0 Å². The molecule has 114 valence electrons. The van der Waals surface area contributed by atoms with Crippen LogP contribution in [-0.4, -0.2) is 77.1 Å². The monoisotopic (exact) mass is 283 g/mol. The number of carboxylic acid groups (broad SMARTS) is 1. The molecule has 2 rings (SSSR count). The molecule has 0 spiro atoms. The SMILES string of the molecule is CCN1CCN(C(=O)N2CCCC(C)C2C(=O)O)CC1. The number of amides is 2. The smallest absolute Gasteiger partial charge is 0.326 e. The normalized spacial score (nSPS) is 28.5. The van der Waals surface area contributed by atoms with Crippen LogP contribution in [0.1, 0.15) is 26.7 Å². The summed E-state index contributed by atoms with van der Waals surface area (Å²) >= 11 is 0. The van der Waals surface area contributed by atoms with E-state index in [2.05, 4.69) is 11.8 Å². The van der Waals surface area contributed by atoms with Crippen molar-refractivity contribution in [3.8, 4) is 0 Å². The van der Waals surface area contributed by atoms with Crippen LogP contribution in [0.3, 0.4) is 0 Å². The molecule has 0 radical (unpaired) electrons. The standard InChI is InChI=1S/C14H25N3O3/c1-3-15-7-9-16(10-8-15)14(20)17-6-4-5-11(2)12(17)13(18)19/h11-12H,3-10H2,1-2H3,(H,18,19). The zero-order valence-corrected chi connectivity index (χ0v) is 12.4. The van der Waals surface area contributed by atoms with Crippen LogP contribution in [0.4, 0.5) is 4.79 Å². The number of hydrogen-bond donors (Lipinski definition) is 1. The maximum Gasteiger partial charge on any atom is 0.326 e. The average Bonchev–Trinajstić information content (AvgIpc) is 2.46. The fraction of sp³-hybridized carbons (Fsp3) is 0.857. The zero-order chi connectivity index (χ0) is 14.7. The number of piperazine rings is 1. The molecule has 2 amide bonds. The number of likely N-dealkylation sites (N-methyl/N-ethyl adjacent to an activating group) is 1. The van der Waals surface area contributed by atoms with Crippen molar-refractivity contribution >= 4 is 12.0 Å². The van der Waals surface area contributed by atoms with Crippen LogP contribution < -0.4 is 0 Å². The van der Waals surface area contributed by atoms with E-state index in [-0.39, 0.29) is 11.9 Å². The maximum absolute atomic E-state index is 12.6. The number of carbonyl (C=O) groups excluding carboxylic acids is 1. The molecule has 0 saturated carbocycles. The lowest BCUT2D eigenvalue weighted by Gasteiger charge is -2.42. The minimum Gasteiger partial charge on any atom is -0.480 e. The average molecular weight is 283 g/mol. The second kappa shape index (κ2) is 6.43. The molecule has 2 unspecified atom stereocenters. The fourth-order valence-electron chi connectivity index (χ4n) is 3.22. The predicted octanol–water partition coefficient (Wildman–Crippen LogP) is 0.929. The molecule has 2 fully saturated rings. The van der Waals surface area contributed by atoms with Crippen molar-refractivity contribution in [2.75, 3.05) is 39.3 Å². The second-order valence-electron chi connectivity index (χ2n) is 5.80. The topological polar surface area (TPSA) is 64.1 Å². The van der Waals surface area contributed by atoms with Gasteiger partial charge < -0.3 is 19.8 Å². The lowest BCUT2D eigenvalue weighted by atomic mass is 9.91. The number of carbonyl (C=O) groups is 2. The number of aliphatic carboxylic acids is 1. The van der Waals surface area contributed by atoms with Gasteiger partial charge in [-0.2, -0.15) is 0 Å². The Morgan fingerprint density at radius 1 is 1.15 bits per heavy atom. The Bertz CT molecular complexity index is 367. The molecule has 6 nitrogen and oxygen atoms in total. The number of likely N-dealkylation sites (tertiary alicyclic amines) is 1. The third-order valence-corrected chi connectivity index (χ3v) is 4.52. The van der Waals surface area contributed by atoms with Crippen molar-refractivity contribution in [3.05, 3.63) is 0 Å². The minimum atomic E-state index is -0.877. The van der Waals surface area contributed by atoms with Crippen molar-refractivity contribution < 1.29 is 14.7 Å². The molecule has 0 aromatic heterocycles. The molecule has 0 aromatic carbocycles. The summed E-state index contributed by atoms with van der Waals surface area (Å²) in [6.45, 7) is 8.76. The Hall–Kier alpha value is -1.30. The van der Waals surface area contributed by atoms with E-state index in [9.17, 15) is 14.7 Å². The summed E-state index contributed by atoms with van der Waals surface area (Å²) in [5.41, 5.74) is 0. The highest BCUT2D eigenvalue weighted by Gasteiger charge is 2.39. The van der Waals surface area contributed by atoms with Gasteiger partial charge in [-0.3, -0.25) is 0 Å².